The third-order valence-corrected chi connectivity index (χ3v) is 5.06. The molecule has 0 fully saturated rings. The summed E-state index contributed by atoms with van der Waals surface area (Å²) in [5, 5.41) is 8.65. The van der Waals surface area contributed by atoms with Crippen molar-refractivity contribution < 1.29 is 0 Å². The molecule has 4 aromatic heterocycles. The summed E-state index contributed by atoms with van der Waals surface area (Å²) in [4.78, 5) is 16.6. The fourth-order valence-electron chi connectivity index (χ4n) is 3.65. The lowest BCUT2D eigenvalue weighted by molar-refractivity contribution is 1.06. The summed E-state index contributed by atoms with van der Waals surface area (Å²) in [5.41, 5.74) is 6.72. The molecule has 0 amide bonds. The zero-order valence-corrected chi connectivity index (χ0v) is 15.2. The molecule has 0 unspecified atom stereocenters. The number of nitrogens with zero attached hydrogens (tertiary/aromatic N) is 5. The maximum atomic E-state index is 4.79. The van der Waals surface area contributed by atoms with E-state index in [9.17, 15) is 0 Å². The second-order valence-corrected chi connectivity index (χ2v) is 6.80. The molecule has 29 heavy (non-hydrogen) atoms. The summed E-state index contributed by atoms with van der Waals surface area (Å²) in [6.45, 7) is 0. The van der Waals surface area contributed by atoms with Gasteiger partial charge in [-0.1, -0.05) is 18.2 Å². The Bertz CT molecular complexity index is 1440. The molecule has 0 aliphatic rings. The Morgan fingerprint density at radius 1 is 0.897 bits per heavy atom. The molecule has 0 aliphatic carbocycles. The average Bonchev–Trinajstić information content (AvgIpc) is 3.52. The van der Waals surface area contributed by atoms with Crippen molar-refractivity contribution in [2.45, 2.75) is 0 Å². The van der Waals surface area contributed by atoms with Crippen molar-refractivity contribution in [2.75, 3.05) is 0 Å². The minimum absolute atomic E-state index is 0.724. The van der Waals surface area contributed by atoms with Crippen molar-refractivity contribution in [3.8, 4) is 28.3 Å². The van der Waals surface area contributed by atoms with Gasteiger partial charge in [-0.05, 0) is 35.9 Å². The van der Waals surface area contributed by atoms with E-state index in [1.54, 1.807) is 18.7 Å². The van der Waals surface area contributed by atoms with E-state index >= 15 is 0 Å². The topological polar surface area (TPSA) is 88.1 Å². The van der Waals surface area contributed by atoms with Crippen LogP contribution in [0.25, 0.3) is 50.3 Å². The number of aromatic amines is 2. The lowest BCUT2D eigenvalue weighted by atomic mass is 10.0. The van der Waals surface area contributed by atoms with Gasteiger partial charge in [-0.15, -0.1) is 0 Å². The van der Waals surface area contributed by atoms with Gasteiger partial charge in [0.05, 0.1) is 28.6 Å². The van der Waals surface area contributed by atoms with Gasteiger partial charge in [0.15, 0.2) is 5.82 Å². The molecule has 6 rings (SSSR count). The predicted octanol–water partition coefficient (Wildman–Crippen LogP) is 4.35. The maximum Gasteiger partial charge on any atom is 0.159 e. The minimum atomic E-state index is 0.724. The molecular formula is C22H15N7. The van der Waals surface area contributed by atoms with E-state index < -0.39 is 0 Å². The molecule has 138 valence electrons. The number of imidazole rings is 2. The fourth-order valence-corrected chi connectivity index (χ4v) is 3.65. The standard InChI is InChI=1S/C22H15N7/c1-4-18-21(19(5-1)29-10-9-24-13-29)26-22(25-18)20-16-11-14(6-7-17(16)27-28-20)15-3-2-8-23-12-15/h1-13H,(H,25,26)(H,27,28). The molecule has 0 spiro atoms. The molecule has 0 radical (unpaired) electrons. The van der Waals surface area contributed by atoms with E-state index in [1.165, 1.54) is 0 Å². The van der Waals surface area contributed by atoms with Crippen LogP contribution in [0.1, 0.15) is 0 Å². The van der Waals surface area contributed by atoms with Gasteiger partial charge in [0.1, 0.15) is 5.69 Å². The number of aromatic nitrogens is 7. The molecule has 0 bridgehead atoms. The highest BCUT2D eigenvalue weighted by atomic mass is 15.1. The van der Waals surface area contributed by atoms with E-state index in [0.717, 1.165) is 50.3 Å². The van der Waals surface area contributed by atoms with Crippen LogP contribution in [0.5, 0.6) is 0 Å². The number of benzene rings is 2. The average molecular weight is 377 g/mol. The van der Waals surface area contributed by atoms with Gasteiger partial charge in [-0.2, -0.15) is 5.10 Å². The second-order valence-electron chi connectivity index (χ2n) is 6.80. The molecule has 4 heterocycles. The van der Waals surface area contributed by atoms with E-state index in [4.69, 9.17) is 4.98 Å². The SMILES string of the molecule is c1cncc(-c2ccc3[nH]nc(-c4nc5cccc(-n6ccnc6)c5[nH]4)c3c2)c1. The Morgan fingerprint density at radius 2 is 1.90 bits per heavy atom. The monoisotopic (exact) mass is 377 g/mol. The lowest BCUT2D eigenvalue weighted by Crippen LogP contribution is -1.91. The van der Waals surface area contributed by atoms with Gasteiger partial charge in [-0.25, -0.2) is 9.97 Å². The molecule has 0 atom stereocenters. The molecular weight excluding hydrogens is 362 g/mol. The minimum Gasteiger partial charge on any atom is -0.335 e. The van der Waals surface area contributed by atoms with Crippen LogP contribution < -0.4 is 0 Å². The zero-order chi connectivity index (χ0) is 19.2. The molecule has 2 aromatic carbocycles. The summed E-state index contributed by atoms with van der Waals surface area (Å²) >= 11 is 0. The van der Waals surface area contributed by atoms with Gasteiger partial charge in [0, 0.05) is 35.7 Å². The number of nitrogens with one attached hydrogen (secondary N) is 2. The molecule has 7 nitrogen and oxygen atoms in total. The zero-order valence-electron chi connectivity index (χ0n) is 15.2. The quantitative estimate of drug-likeness (QED) is 0.480. The Labute approximate surface area is 165 Å². The Morgan fingerprint density at radius 3 is 2.76 bits per heavy atom. The Hall–Kier alpha value is -4.26. The van der Waals surface area contributed by atoms with Gasteiger partial charge < -0.3 is 9.55 Å². The molecule has 7 heteroatoms. The number of H-pyrrole nitrogens is 2. The van der Waals surface area contributed by atoms with Gasteiger partial charge in [0.25, 0.3) is 0 Å². The lowest BCUT2D eigenvalue weighted by Gasteiger charge is -2.02. The third kappa shape index (κ3) is 2.52. The first-order valence-electron chi connectivity index (χ1n) is 9.23. The van der Waals surface area contributed by atoms with Crippen LogP contribution in [-0.4, -0.2) is 34.7 Å². The highest BCUT2D eigenvalue weighted by molar-refractivity contribution is 5.96. The van der Waals surface area contributed by atoms with Crippen molar-refractivity contribution in [1.29, 1.82) is 0 Å². The third-order valence-electron chi connectivity index (χ3n) is 5.06. The van der Waals surface area contributed by atoms with Crippen LogP contribution in [-0.2, 0) is 0 Å². The molecule has 0 saturated carbocycles. The second kappa shape index (κ2) is 6.13. The summed E-state index contributed by atoms with van der Waals surface area (Å²) in [7, 11) is 0. The highest BCUT2D eigenvalue weighted by Gasteiger charge is 2.15. The van der Waals surface area contributed by atoms with Crippen molar-refractivity contribution in [2.24, 2.45) is 0 Å². The molecule has 6 aromatic rings. The number of para-hydroxylation sites is 1. The number of rotatable bonds is 3. The van der Waals surface area contributed by atoms with Crippen LogP contribution in [0.3, 0.4) is 0 Å². The first kappa shape index (κ1) is 15.8. The first-order chi connectivity index (χ1) is 14.4. The number of pyridine rings is 1. The van der Waals surface area contributed by atoms with Crippen molar-refractivity contribution in [1.82, 2.24) is 34.7 Å². The van der Waals surface area contributed by atoms with Gasteiger partial charge in [-0.3, -0.25) is 10.1 Å². The maximum absolute atomic E-state index is 4.79. The summed E-state index contributed by atoms with van der Waals surface area (Å²) < 4.78 is 1.97. The van der Waals surface area contributed by atoms with Gasteiger partial charge >= 0.3 is 0 Å². The normalized spacial score (nSPS) is 11.4. The number of fused-ring (bicyclic) bond motifs is 2. The highest BCUT2D eigenvalue weighted by Crippen LogP contribution is 2.31. The number of hydrogen-bond acceptors (Lipinski definition) is 4. The van der Waals surface area contributed by atoms with Crippen LogP contribution in [0.15, 0.2) is 79.6 Å². The van der Waals surface area contributed by atoms with Crippen LogP contribution in [0.4, 0.5) is 0 Å². The first-order valence-corrected chi connectivity index (χ1v) is 9.23. The Kier molecular flexibility index (Phi) is 3.33. The van der Waals surface area contributed by atoms with Crippen molar-refractivity contribution in [3.05, 3.63) is 79.6 Å². The summed E-state index contributed by atoms with van der Waals surface area (Å²) in [6.07, 6.45) is 9.09. The van der Waals surface area contributed by atoms with E-state index in [2.05, 4.69) is 37.3 Å². The molecule has 0 aliphatic heterocycles. The summed E-state index contributed by atoms with van der Waals surface area (Å²) in [5.74, 6) is 0.724. The van der Waals surface area contributed by atoms with Crippen LogP contribution in [0, 0.1) is 0 Å². The van der Waals surface area contributed by atoms with E-state index in [-0.39, 0.29) is 0 Å². The van der Waals surface area contributed by atoms with Crippen LogP contribution >= 0.6 is 0 Å². The smallest absolute Gasteiger partial charge is 0.159 e. The Balaban J connectivity index is 1.53. The van der Waals surface area contributed by atoms with E-state index in [1.807, 2.05) is 53.4 Å². The largest absolute Gasteiger partial charge is 0.335 e. The van der Waals surface area contributed by atoms with E-state index in [0.29, 0.717) is 0 Å². The summed E-state index contributed by atoms with van der Waals surface area (Å²) in [6, 6.07) is 16.2. The van der Waals surface area contributed by atoms with Crippen molar-refractivity contribution in [3.63, 3.8) is 0 Å². The number of hydrogen-bond donors (Lipinski definition) is 2. The fraction of sp³-hybridized carbons (Fsp3) is 0. The predicted molar refractivity (Wildman–Crippen MR) is 112 cm³/mol. The van der Waals surface area contributed by atoms with Crippen LogP contribution in [0.2, 0.25) is 0 Å². The van der Waals surface area contributed by atoms with Crippen molar-refractivity contribution >= 4 is 21.9 Å². The van der Waals surface area contributed by atoms with Gasteiger partial charge in [0.2, 0.25) is 0 Å². The molecule has 2 N–H and O–H groups in total. The molecule has 0 saturated heterocycles.